The minimum Gasteiger partial charge on any atom is -0.347 e. The van der Waals surface area contributed by atoms with E-state index >= 15 is 0 Å². The molecule has 0 bridgehead atoms. The molecule has 0 aliphatic carbocycles. The number of benzene rings is 1. The van der Waals surface area contributed by atoms with Crippen molar-refractivity contribution in [3.05, 3.63) is 69.4 Å². The number of ether oxygens (including phenoxy) is 2. The van der Waals surface area contributed by atoms with Crippen LogP contribution in [-0.4, -0.2) is 67.6 Å². The molecule has 1 spiro atoms. The number of likely N-dealkylation sites (tertiary alicyclic amines) is 1. The molecule has 12 heteroatoms. The standard InChI is InChI=1S/C26H25ClN6O3S2/c1-17-2-3-19(27)14-21(17)33-23(18-4-8-28-9-5-18)30-31-25(33)38-16-22-29-20(15-37-22)24(34)32-10-6-26(7-11-32)35-12-13-36-26/h2-5,8-9,14-15H,6-7,10-13,16H2,1H3. The van der Waals surface area contributed by atoms with Crippen LogP contribution in [0.25, 0.3) is 17.1 Å². The number of piperidine rings is 1. The van der Waals surface area contributed by atoms with Gasteiger partial charge in [0.25, 0.3) is 5.91 Å². The molecule has 5 heterocycles. The highest BCUT2D eigenvalue weighted by atomic mass is 35.5. The Hall–Kier alpha value is -2.83. The third-order valence-electron chi connectivity index (χ3n) is 6.71. The van der Waals surface area contributed by atoms with E-state index in [1.54, 1.807) is 12.4 Å². The number of rotatable bonds is 6. The molecule has 4 aromatic rings. The topological polar surface area (TPSA) is 95.3 Å². The van der Waals surface area contributed by atoms with Crippen molar-refractivity contribution >= 4 is 40.6 Å². The molecular weight excluding hydrogens is 544 g/mol. The Balaban J connectivity index is 1.19. The molecule has 2 fully saturated rings. The molecule has 196 valence electrons. The number of carbonyl (C=O) groups is 1. The monoisotopic (exact) mass is 568 g/mol. The van der Waals surface area contributed by atoms with Gasteiger partial charge >= 0.3 is 0 Å². The second kappa shape index (κ2) is 10.7. The molecule has 0 N–H and O–H groups in total. The van der Waals surface area contributed by atoms with Crippen molar-refractivity contribution in [2.45, 2.75) is 36.5 Å². The molecule has 0 saturated carbocycles. The molecule has 2 aliphatic heterocycles. The van der Waals surface area contributed by atoms with E-state index in [4.69, 9.17) is 21.1 Å². The summed E-state index contributed by atoms with van der Waals surface area (Å²) in [4.78, 5) is 23.7. The number of hydrogen-bond acceptors (Lipinski definition) is 9. The molecule has 3 aromatic heterocycles. The predicted molar refractivity (Wildman–Crippen MR) is 146 cm³/mol. The van der Waals surface area contributed by atoms with Gasteiger partial charge in [-0.25, -0.2) is 4.98 Å². The minimum atomic E-state index is -0.507. The van der Waals surface area contributed by atoms with Gasteiger partial charge in [-0.2, -0.15) is 0 Å². The SMILES string of the molecule is Cc1ccc(Cl)cc1-n1c(SCc2nc(C(=O)N3CCC4(CC3)OCCO4)cs2)nnc1-c1ccncc1. The predicted octanol–water partition coefficient (Wildman–Crippen LogP) is 5.02. The van der Waals surface area contributed by atoms with Crippen LogP contribution in [0, 0.1) is 6.92 Å². The van der Waals surface area contributed by atoms with Crippen LogP contribution in [0.5, 0.6) is 0 Å². The van der Waals surface area contributed by atoms with Crippen molar-refractivity contribution < 1.29 is 14.3 Å². The second-order valence-corrected chi connectivity index (χ2v) is 11.4. The number of nitrogens with zero attached hydrogens (tertiary/aromatic N) is 6. The van der Waals surface area contributed by atoms with E-state index in [0.29, 0.717) is 66.6 Å². The molecule has 6 rings (SSSR count). The van der Waals surface area contributed by atoms with Gasteiger partial charge in [0, 0.05) is 54.3 Å². The Labute approximate surface area is 233 Å². The summed E-state index contributed by atoms with van der Waals surface area (Å²) in [5, 5.41) is 13.0. The van der Waals surface area contributed by atoms with Crippen molar-refractivity contribution in [3.63, 3.8) is 0 Å². The first-order chi connectivity index (χ1) is 18.5. The van der Waals surface area contributed by atoms with E-state index in [1.807, 2.05) is 52.1 Å². The van der Waals surface area contributed by atoms with Crippen LogP contribution >= 0.6 is 34.7 Å². The van der Waals surface area contributed by atoms with Crippen molar-refractivity contribution in [3.8, 4) is 17.1 Å². The van der Waals surface area contributed by atoms with Crippen LogP contribution in [0.4, 0.5) is 0 Å². The number of hydrogen-bond donors (Lipinski definition) is 0. The lowest BCUT2D eigenvalue weighted by molar-refractivity contribution is -0.181. The number of thiazole rings is 1. The first-order valence-corrected chi connectivity index (χ1v) is 14.5. The van der Waals surface area contributed by atoms with Crippen LogP contribution in [-0.2, 0) is 15.2 Å². The summed E-state index contributed by atoms with van der Waals surface area (Å²) in [6.45, 7) is 4.47. The van der Waals surface area contributed by atoms with Crippen molar-refractivity contribution in [1.82, 2.24) is 29.6 Å². The molecule has 2 saturated heterocycles. The van der Waals surface area contributed by atoms with Crippen LogP contribution < -0.4 is 0 Å². The van der Waals surface area contributed by atoms with E-state index in [0.717, 1.165) is 21.8 Å². The summed E-state index contributed by atoms with van der Waals surface area (Å²) >= 11 is 9.35. The molecular formula is C26H25ClN6O3S2. The lowest BCUT2D eigenvalue weighted by atomic mass is 10.0. The molecule has 38 heavy (non-hydrogen) atoms. The highest BCUT2D eigenvalue weighted by Gasteiger charge is 2.41. The van der Waals surface area contributed by atoms with Crippen LogP contribution in [0.2, 0.25) is 5.02 Å². The zero-order valence-electron chi connectivity index (χ0n) is 20.7. The minimum absolute atomic E-state index is 0.0527. The Morgan fingerprint density at radius 2 is 1.89 bits per heavy atom. The molecule has 0 unspecified atom stereocenters. The number of carbonyl (C=O) groups excluding carboxylic acids is 1. The van der Waals surface area contributed by atoms with Gasteiger partial charge in [0.2, 0.25) is 0 Å². The van der Waals surface area contributed by atoms with Crippen molar-refractivity contribution in [2.24, 2.45) is 0 Å². The van der Waals surface area contributed by atoms with Gasteiger partial charge in [0.05, 0.1) is 24.7 Å². The number of thioether (sulfide) groups is 1. The van der Waals surface area contributed by atoms with E-state index < -0.39 is 5.79 Å². The normalized spacial score (nSPS) is 16.8. The van der Waals surface area contributed by atoms with Crippen LogP contribution in [0.1, 0.15) is 33.9 Å². The Morgan fingerprint density at radius 1 is 1.13 bits per heavy atom. The molecule has 0 atom stereocenters. The third kappa shape index (κ3) is 5.08. The number of halogens is 1. The third-order valence-corrected chi connectivity index (χ3v) is 8.91. The van der Waals surface area contributed by atoms with Crippen molar-refractivity contribution in [2.75, 3.05) is 26.3 Å². The number of pyridine rings is 1. The summed E-state index contributed by atoms with van der Waals surface area (Å²) < 4.78 is 13.6. The molecule has 1 aromatic carbocycles. The fourth-order valence-electron chi connectivity index (χ4n) is 4.69. The average Bonchev–Trinajstić information content (AvgIpc) is 3.70. The molecule has 2 aliphatic rings. The lowest BCUT2D eigenvalue weighted by Gasteiger charge is -2.37. The maximum atomic E-state index is 13.1. The summed E-state index contributed by atoms with van der Waals surface area (Å²) in [6, 6.07) is 9.57. The second-order valence-electron chi connectivity index (χ2n) is 9.12. The van der Waals surface area contributed by atoms with Gasteiger partial charge in [-0.15, -0.1) is 21.5 Å². The maximum Gasteiger partial charge on any atom is 0.273 e. The average molecular weight is 569 g/mol. The number of aromatic nitrogens is 5. The zero-order valence-corrected chi connectivity index (χ0v) is 23.1. The molecule has 0 radical (unpaired) electrons. The fourth-order valence-corrected chi connectivity index (χ4v) is 6.59. The first kappa shape index (κ1) is 25.4. The van der Waals surface area contributed by atoms with Gasteiger partial charge in [-0.1, -0.05) is 29.4 Å². The van der Waals surface area contributed by atoms with Gasteiger partial charge in [-0.3, -0.25) is 14.3 Å². The van der Waals surface area contributed by atoms with Gasteiger partial charge in [0.1, 0.15) is 10.7 Å². The van der Waals surface area contributed by atoms with Gasteiger partial charge in [0.15, 0.2) is 16.8 Å². The molecule has 9 nitrogen and oxygen atoms in total. The Morgan fingerprint density at radius 3 is 2.66 bits per heavy atom. The smallest absolute Gasteiger partial charge is 0.273 e. The number of amides is 1. The van der Waals surface area contributed by atoms with E-state index in [2.05, 4.69) is 20.2 Å². The summed E-state index contributed by atoms with van der Waals surface area (Å²) in [6.07, 6.45) is 4.83. The largest absolute Gasteiger partial charge is 0.347 e. The van der Waals surface area contributed by atoms with E-state index in [9.17, 15) is 4.79 Å². The summed E-state index contributed by atoms with van der Waals surface area (Å²) in [7, 11) is 0. The summed E-state index contributed by atoms with van der Waals surface area (Å²) in [5.74, 6) is 0.695. The number of aryl methyl sites for hydroxylation is 1. The first-order valence-electron chi connectivity index (χ1n) is 12.3. The highest BCUT2D eigenvalue weighted by Crippen LogP contribution is 2.34. The van der Waals surface area contributed by atoms with Crippen molar-refractivity contribution in [1.29, 1.82) is 0 Å². The Kier molecular flexibility index (Phi) is 7.19. The Bertz CT molecular complexity index is 1440. The van der Waals surface area contributed by atoms with Crippen LogP contribution in [0.15, 0.2) is 53.3 Å². The maximum absolute atomic E-state index is 13.1. The van der Waals surface area contributed by atoms with E-state index in [1.165, 1.54) is 23.1 Å². The van der Waals surface area contributed by atoms with Gasteiger partial charge < -0.3 is 14.4 Å². The quantitative estimate of drug-likeness (QED) is 0.299. The van der Waals surface area contributed by atoms with Crippen LogP contribution in [0.3, 0.4) is 0 Å². The highest BCUT2D eigenvalue weighted by molar-refractivity contribution is 7.98. The lowest BCUT2D eigenvalue weighted by Crippen LogP contribution is -2.47. The molecule has 1 amide bonds. The summed E-state index contributed by atoms with van der Waals surface area (Å²) in [5.41, 5.74) is 3.33. The van der Waals surface area contributed by atoms with Gasteiger partial charge in [-0.05, 0) is 36.8 Å². The zero-order chi connectivity index (χ0) is 26.1. The van der Waals surface area contributed by atoms with E-state index in [-0.39, 0.29) is 5.91 Å². The fraction of sp³-hybridized carbons (Fsp3) is 0.346.